The van der Waals surface area contributed by atoms with Crippen LogP contribution in [0.25, 0.3) is 0 Å². The number of ether oxygens (including phenoxy) is 2. The van der Waals surface area contributed by atoms with Crippen molar-refractivity contribution in [3.8, 4) is 5.75 Å². The van der Waals surface area contributed by atoms with Crippen LogP contribution in [0.5, 0.6) is 5.75 Å². The van der Waals surface area contributed by atoms with Crippen molar-refractivity contribution in [1.82, 2.24) is 0 Å². The maximum Gasteiger partial charge on any atom is 0.337 e. The van der Waals surface area contributed by atoms with Crippen molar-refractivity contribution in [3.63, 3.8) is 0 Å². The summed E-state index contributed by atoms with van der Waals surface area (Å²) in [4.78, 5) is 11.5. The smallest absolute Gasteiger partial charge is 0.337 e. The van der Waals surface area contributed by atoms with Gasteiger partial charge in [0.2, 0.25) is 0 Å². The molecule has 0 radical (unpaired) electrons. The van der Waals surface area contributed by atoms with Gasteiger partial charge < -0.3 is 9.47 Å². The van der Waals surface area contributed by atoms with E-state index in [0.717, 1.165) is 30.6 Å². The summed E-state index contributed by atoms with van der Waals surface area (Å²) in [7, 11) is 3.08. The van der Waals surface area contributed by atoms with Crippen LogP contribution in [0.3, 0.4) is 0 Å². The molecule has 0 amide bonds. The highest BCUT2D eigenvalue weighted by Crippen LogP contribution is 2.15. The summed E-state index contributed by atoms with van der Waals surface area (Å²) in [6, 6.07) is 15.7. The van der Waals surface area contributed by atoms with Gasteiger partial charge in [0.05, 0.1) is 19.8 Å². The Morgan fingerprint density at radius 2 is 1.62 bits per heavy atom. The summed E-state index contributed by atoms with van der Waals surface area (Å²) >= 11 is 0. The Bertz CT molecular complexity index is 605. The largest absolute Gasteiger partial charge is 0.497 e. The number of esters is 1. The maximum absolute atomic E-state index is 11.5. The van der Waals surface area contributed by atoms with Crippen molar-refractivity contribution in [2.75, 3.05) is 14.2 Å². The number of methoxy groups -OCH3 is 2. The van der Waals surface area contributed by atoms with E-state index in [1.165, 1.54) is 12.7 Å². The molecule has 0 aliphatic carbocycles. The Hall–Kier alpha value is -2.29. The fraction of sp³-hybridized carbons (Fsp3) is 0.278. The molecule has 21 heavy (non-hydrogen) atoms. The molecule has 0 aromatic heterocycles. The lowest BCUT2D eigenvalue weighted by Crippen LogP contribution is -2.01. The molecule has 0 fully saturated rings. The summed E-state index contributed by atoms with van der Waals surface area (Å²) in [5.74, 6) is 0.602. The summed E-state index contributed by atoms with van der Waals surface area (Å²) in [6.45, 7) is 0. The number of hydrogen-bond donors (Lipinski definition) is 0. The van der Waals surface area contributed by atoms with Crippen LogP contribution in [-0.2, 0) is 17.6 Å². The highest BCUT2D eigenvalue weighted by atomic mass is 16.5. The number of hydrogen-bond acceptors (Lipinski definition) is 3. The van der Waals surface area contributed by atoms with E-state index in [1.54, 1.807) is 13.2 Å². The van der Waals surface area contributed by atoms with Gasteiger partial charge in [-0.1, -0.05) is 24.3 Å². The van der Waals surface area contributed by atoms with Gasteiger partial charge >= 0.3 is 5.97 Å². The molecule has 0 saturated carbocycles. The lowest BCUT2D eigenvalue weighted by Gasteiger charge is -2.06. The molecule has 3 heteroatoms. The zero-order valence-electron chi connectivity index (χ0n) is 12.5. The average molecular weight is 284 g/mol. The lowest BCUT2D eigenvalue weighted by atomic mass is 10.0. The van der Waals surface area contributed by atoms with Crippen molar-refractivity contribution in [1.29, 1.82) is 0 Å². The van der Waals surface area contributed by atoms with Crippen molar-refractivity contribution in [2.45, 2.75) is 19.3 Å². The van der Waals surface area contributed by atoms with Crippen molar-refractivity contribution in [3.05, 3.63) is 65.2 Å². The minimum atomic E-state index is -0.287. The fourth-order valence-corrected chi connectivity index (χ4v) is 2.30. The predicted molar refractivity (Wildman–Crippen MR) is 82.8 cm³/mol. The number of aryl methyl sites for hydroxylation is 2. The van der Waals surface area contributed by atoms with E-state index < -0.39 is 0 Å². The van der Waals surface area contributed by atoms with Crippen LogP contribution in [0.4, 0.5) is 0 Å². The van der Waals surface area contributed by atoms with E-state index >= 15 is 0 Å². The highest BCUT2D eigenvalue weighted by Gasteiger charge is 2.05. The first kappa shape index (κ1) is 15.1. The van der Waals surface area contributed by atoms with Crippen LogP contribution in [0.1, 0.15) is 27.9 Å². The number of rotatable bonds is 6. The van der Waals surface area contributed by atoms with Gasteiger partial charge in [-0.15, -0.1) is 0 Å². The predicted octanol–water partition coefficient (Wildman–Crippen LogP) is 3.66. The second kappa shape index (κ2) is 7.48. The van der Waals surface area contributed by atoms with Crippen molar-refractivity contribution >= 4 is 5.97 Å². The third-order valence-electron chi connectivity index (χ3n) is 3.41. The molecule has 0 aliphatic heterocycles. The minimum Gasteiger partial charge on any atom is -0.497 e. The van der Waals surface area contributed by atoms with Gasteiger partial charge in [-0.2, -0.15) is 0 Å². The topological polar surface area (TPSA) is 35.5 Å². The molecule has 0 heterocycles. The molecule has 0 atom stereocenters. The number of carbonyl (C=O) groups is 1. The Morgan fingerprint density at radius 1 is 0.952 bits per heavy atom. The molecule has 3 nitrogen and oxygen atoms in total. The van der Waals surface area contributed by atoms with E-state index in [2.05, 4.69) is 12.1 Å². The van der Waals surface area contributed by atoms with Crippen molar-refractivity contribution < 1.29 is 14.3 Å². The third kappa shape index (κ3) is 4.35. The zero-order chi connectivity index (χ0) is 15.1. The van der Waals surface area contributed by atoms with Crippen LogP contribution in [0.15, 0.2) is 48.5 Å². The monoisotopic (exact) mass is 284 g/mol. The van der Waals surface area contributed by atoms with Crippen LogP contribution in [0.2, 0.25) is 0 Å². The van der Waals surface area contributed by atoms with Gasteiger partial charge in [0.25, 0.3) is 0 Å². The third-order valence-corrected chi connectivity index (χ3v) is 3.41. The van der Waals surface area contributed by atoms with E-state index in [9.17, 15) is 4.79 Å². The highest BCUT2D eigenvalue weighted by molar-refractivity contribution is 5.89. The van der Waals surface area contributed by atoms with Gasteiger partial charge in [0, 0.05) is 0 Å². The van der Waals surface area contributed by atoms with E-state index in [0.29, 0.717) is 5.56 Å². The van der Waals surface area contributed by atoms with Gasteiger partial charge in [-0.3, -0.25) is 0 Å². The van der Waals surface area contributed by atoms with E-state index in [4.69, 9.17) is 9.47 Å². The molecule has 0 aliphatic rings. The average Bonchev–Trinajstić information content (AvgIpc) is 2.54. The molecule has 0 unspecified atom stereocenters. The van der Waals surface area contributed by atoms with Gasteiger partial charge in [0.1, 0.15) is 5.75 Å². The first-order valence-corrected chi connectivity index (χ1v) is 7.03. The quantitative estimate of drug-likeness (QED) is 0.759. The summed E-state index contributed by atoms with van der Waals surface area (Å²) in [6.07, 6.45) is 2.94. The van der Waals surface area contributed by atoms with E-state index in [-0.39, 0.29) is 5.97 Å². The Labute approximate surface area is 125 Å². The minimum absolute atomic E-state index is 0.287. The van der Waals surface area contributed by atoms with Crippen LogP contribution in [-0.4, -0.2) is 20.2 Å². The molecule has 0 N–H and O–H groups in total. The molecular weight excluding hydrogens is 264 g/mol. The molecular formula is C18H20O3. The molecule has 0 saturated heterocycles. The first-order chi connectivity index (χ1) is 10.2. The number of carbonyl (C=O) groups excluding carboxylic acids is 1. The van der Waals surface area contributed by atoms with Gasteiger partial charge in [-0.05, 0) is 54.7 Å². The Morgan fingerprint density at radius 3 is 2.29 bits per heavy atom. The zero-order valence-corrected chi connectivity index (χ0v) is 12.5. The summed E-state index contributed by atoms with van der Waals surface area (Å²) in [5, 5.41) is 0. The van der Waals surface area contributed by atoms with Gasteiger partial charge in [0.15, 0.2) is 0 Å². The molecule has 0 spiro atoms. The number of benzene rings is 2. The molecule has 2 aromatic carbocycles. The van der Waals surface area contributed by atoms with Gasteiger partial charge in [-0.25, -0.2) is 4.79 Å². The van der Waals surface area contributed by atoms with Crippen LogP contribution in [0, 0.1) is 0 Å². The molecule has 0 bridgehead atoms. The first-order valence-electron chi connectivity index (χ1n) is 7.03. The summed E-state index contributed by atoms with van der Waals surface area (Å²) < 4.78 is 9.96. The Balaban J connectivity index is 1.92. The second-order valence-electron chi connectivity index (χ2n) is 4.90. The lowest BCUT2D eigenvalue weighted by molar-refractivity contribution is 0.0600. The SMILES string of the molecule is COC(=O)c1cccc(CCCc2cccc(OC)c2)c1. The molecule has 110 valence electrons. The van der Waals surface area contributed by atoms with Crippen LogP contribution >= 0.6 is 0 Å². The van der Waals surface area contributed by atoms with E-state index in [1.807, 2.05) is 30.3 Å². The van der Waals surface area contributed by atoms with Crippen molar-refractivity contribution in [2.24, 2.45) is 0 Å². The Kier molecular flexibility index (Phi) is 5.38. The standard InChI is InChI=1S/C18H20O3/c1-20-17-11-5-9-15(13-17)7-3-6-14-8-4-10-16(12-14)18(19)21-2/h4-5,8-13H,3,6-7H2,1-2H3. The molecule has 2 rings (SSSR count). The normalized spacial score (nSPS) is 10.2. The maximum atomic E-state index is 11.5. The molecule has 2 aromatic rings. The van der Waals surface area contributed by atoms with Crippen LogP contribution < -0.4 is 4.74 Å². The second-order valence-corrected chi connectivity index (χ2v) is 4.90. The fourth-order valence-electron chi connectivity index (χ4n) is 2.30. The summed E-state index contributed by atoms with van der Waals surface area (Å²) in [5.41, 5.74) is 3.02.